The van der Waals surface area contributed by atoms with Gasteiger partial charge in [0.2, 0.25) is 0 Å². The second-order valence-electron chi connectivity index (χ2n) is 6.24. The number of nitrogens with one attached hydrogen (secondary N) is 1. The zero-order valence-corrected chi connectivity index (χ0v) is 13.8. The minimum atomic E-state index is -0.383. The number of non-ortho nitro benzene ring substituents is 1. The summed E-state index contributed by atoms with van der Waals surface area (Å²) in [5, 5.41) is 23.8. The van der Waals surface area contributed by atoms with E-state index < -0.39 is 0 Å². The molecule has 1 unspecified atom stereocenters. The van der Waals surface area contributed by atoms with Gasteiger partial charge in [-0.3, -0.25) is 15.1 Å². The SMILES string of the molecule is CC(Nc1ccc([N+](=O)[O-])c2cccnc12)c1nnc2n1CCCC2. The molecule has 3 aromatic rings. The van der Waals surface area contributed by atoms with E-state index in [1.165, 1.54) is 6.07 Å². The number of rotatable bonds is 4. The van der Waals surface area contributed by atoms with E-state index in [4.69, 9.17) is 0 Å². The molecule has 8 nitrogen and oxygen atoms in total. The van der Waals surface area contributed by atoms with Crippen LogP contribution in [0.2, 0.25) is 0 Å². The van der Waals surface area contributed by atoms with E-state index in [0.717, 1.165) is 43.1 Å². The molecule has 0 radical (unpaired) electrons. The molecule has 2 aromatic heterocycles. The number of pyridine rings is 1. The van der Waals surface area contributed by atoms with Crippen LogP contribution in [-0.2, 0) is 13.0 Å². The number of benzene rings is 1. The molecule has 0 spiro atoms. The predicted octanol–water partition coefficient (Wildman–Crippen LogP) is 3.24. The smallest absolute Gasteiger partial charge is 0.278 e. The van der Waals surface area contributed by atoms with Crippen molar-refractivity contribution in [1.82, 2.24) is 19.7 Å². The Balaban J connectivity index is 1.70. The summed E-state index contributed by atoms with van der Waals surface area (Å²) < 4.78 is 2.17. The monoisotopic (exact) mass is 338 g/mol. The molecule has 0 amide bonds. The Bertz CT molecular complexity index is 951. The van der Waals surface area contributed by atoms with Gasteiger partial charge < -0.3 is 9.88 Å². The van der Waals surface area contributed by atoms with Gasteiger partial charge in [-0.15, -0.1) is 10.2 Å². The summed E-state index contributed by atoms with van der Waals surface area (Å²) in [6.07, 6.45) is 4.88. The van der Waals surface area contributed by atoms with E-state index in [-0.39, 0.29) is 16.7 Å². The van der Waals surface area contributed by atoms with Crippen LogP contribution in [0, 0.1) is 10.1 Å². The van der Waals surface area contributed by atoms with Crippen molar-refractivity contribution < 1.29 is 4.92 Å². The average molecular weight is 338 g/mol. The minimum absolute atomic E-state index is 0.0566. The molecule has 0 saturated heterocycles. The molecule has 0 fully saturated rings. The van der Waals surface area contributed by atoms with E-state index in [1.807, 2.05) is 6.92 Å². The molecule has 1 aliphatic heterocycles. The highest BCUT2D eigenvalue weighted by Crippen LogP contribution is 2.32. The molecule has 8 heteroatoms. The maximum Gasteiger partial charge on any atom is 0.278 e. The standard InChI is InChI=1S/C17H18N6O2/c1-11(17-21-20-15-6-2-3-10-22(15)17)19-13-7-8-14(23(24)25)12-5-4-9-18-16(12)13/h4-5,7-9,11,19H,2-3,6,10H2,1H3. The van der Waals surface area contributed by atoms with Gasteiger partial charge in [0.1, 0.15) is 11.3 Å². The highest BCUT2D eigenvalue weighted by Gasteiger charge is 2.21. The third kappa shape index (κ3) is 2.69. The quantitative estimate of drug-likeness (QED) is 0.579. The van der Waals surface area contributed by atoms with Crippen molar-refractivity contribution in [2.75, 3.05) is 5.32 Å². The molecule has 4 rings (SSSR count). The number of nitro benzene ring substituents is 1. The van der Waals surface area contributed by atoms with Crippen molar-refractivity contribution in [2.45, 2.75) is 38.8 Å². The van der Waals surface area contributed by atoms with Crippen LogP contribution < -0.4 is 5.32 Å². The zero-order chi connectivity index (χ0) is 17.4. The molecule has 128 valence electrons. The molecule has 1 aliphatic rings. The summed E-state index contributed by atoms with van der Waals surface area (Å²) in [5.74, 6) is 1.92. The molecule has 1 aromatic carbocycles. The molecule has 25 heavy (non-hydrogen) atoms. The van der Waals surface area contributed by atoms with Crippen molar-refractivity contribution in [3.63, 3.8) is 0 Å². The molecule has 0 saturated carbocycles. The van der Waals surface area contributed by atoms with Gasteiger partial charge in [0.05, 0.1) is 22.0 Å². The lowest BCUT2D eigenvalue weighted by molar-refractivity contribution is -0.383. The van der Waals surface area contributed by atoms with Crippen molar-refractivity contribution >= 4 is 22.3 Å². The summed E-state index contributed by atoms with van der Waals surface area (Å²) in [7, 11) is 0. The Morgan fingerprint density at radius 1 is 1.28 bits per heavy atom. The van der Waals surface area contributed by atoms with Crippen LogP contribution in [0.25, 0.3) is 10.9 Å². The fourth-order valence-corrected chi connectivity index (χ4v) is 3.38. The third-order valence-electron chi connectivity index (χ3n) is 4.59. The van der Waals surface area contributed by atoms with Gasteiger partial charge in [-0.25, -0.2) is 0 Å². The van der Waals surface area contributed by atoms with Crippen LogP contribution in [0.1, 0.15) is 37.5 Å². The lowest BCUT2D eigenvalue weighted by Crippen LogP contribution is -2.18. The number of nitrogens with zero attached hydrogens (tertiary/aromatic N) is 5. The highest BCUT2D eigenvalue weighted by molar-refractivity contribution is 5.96. The fraction of sp³-hybridized carbons (Fsp3) is 0.353. The largest absolute Gasteiger partial charge is 0.374 e. The summed E-state index contributed by atoms with van der Waals surface area (Å²) in [6, 6.07) is 6.56. The van der Waals surface area contributed by atoms with Crippen LogP contribution >= 0.6 is 0 Å². The topological polar surface area (TPSA) is 98.8 Å². The van der Waals surface area contributed by atoms with Crippen LogP contribution in [0.15, 0.2) is 30.5 Å². The second kappa shape index (κ2) is 6.12. The number of aromatic nitrogens is 4. The fourth-order valence-electron chi connectivity index (χ4n) is 3.38. The van der Waals surface area contributed by atoms with E-state index >= 15 is 0 Å². The number of nitro groups is 1. The first-order valence-electron chi connectivity index (χ1n) is 8.36. The van der Waals surface area contributed by atoms with Gasteiger partial charge in [-0.1, -0.05) is 0 Å². The second-order valence-corrected chi connectivity index (χ2v) is 6.24. The molecule has 0 bridgehead atoms. The van der Waals surface area contributed by atoms with Crippen LogP contribution in [-0.4, -0.2) is 24.7 Å². The number of aryl methyl sites for hydroxylation is 1. The average Bonchev–Trinajstić information content (AvgIpc) is 3.06. The van der Waals surface area contributed by atoms with Gasteiger partial charge in [0.15, 0.2) is 5.82 Å². The van der Waals surface area contributed by atoms with Crippen LogP contribution in [0.3, 0.4) is 0 Å². The first kappa shape index (κ1) is 15.5. The van der Waals surface area contributed by atoms with E-state index in [0.29, 0.717) is 10.9 Å². The predicted molar refractivity (Wildman–Crippen MR) is 93.4 cm³/mol. The highest BCUT2D eigenvalue weighted by atomic mass is 16.6. The molecule has 1 N–H and O–H groups in total. The molecule has 0 aliphatic carbocycles. The minimum Gasteiger partial charge on any atom is -0.374 e. The van der Waals surface area contributed by atoms with Crippen molar-refractivity contribution in [3.8, 4) is 0 Å². The Morgan fingerprint density at radius 2 is 2.16 bits per heavy atom. The Hall–Kier alpha value is -3.03. The number of hydrogen-bond acceptors (Lipinski definition) is 6. The summed E-state index contributed by atoms with van der Waals surface area (Å²) in [4.78, 5) is 15.2. The lowest BCUT2D eigenvalue weighted by Gasteiger charge is -2.20. The number of hydrogen-bond donors (Lipinski definition) is 1. The third-order valence-corrected chi connectivity index (χ3v) is 4.59. The summed E-state index contributed by atoms with van der Waals surface area (Å²) >= 11 is 0. The first-order chi connectivity index (χ1) is 12.1. The maximum absolute atomic E-state index is 11.2. The normalized spacial score (nSPS) is 14.9. The Kier molecular flexibility index (Phi) is 3.79. The molecule has 1 atom stereocenters. The number of anilines is 1. The van der Waals surface area contributed by atoms with Crippen molar-refractivity contribution in [1.29, 1.82) is 0 Å². The van der Waals surface area contributed by atoms with Gasteiger partial charge >= 0.3 is 0 Å². The van der Waals surface area contributed by atoms with Crippen LogP contribution in [0.4, 0.5) is 11.4 Å². The van der Waals surface area contributed by atoms with E-state index in [2.05, 4.69) is 25.1 Å². The van der Waals surface area contributed by atoms with Gasteiger partial charge in [0, 0.05) is 25.2 Å². The summed E-state index contributed by atoms with van der Waals surface area (Å²) in [6.45, 7) is 2.95. The van der Waals surface area contributed by atoms with E-state index in [1.54, 1.807) is 24.4 Å². The zero-order valence-electron chi connectivity index (χ0n) is 13.8. The molecule has 3 heterocycles. The van der Waals surface area contributed by atoms with Gasteiger partial charge in [-0.2, -0.15) is 0 Å². The summed E-state index contributed by atoms with van der Waals surface area (Å²) in [5.41, 5.74) is 1.39. The lowest BCUT2D eigenvalue weighted by atomic mass is 10.1. The maximum atomic E-state index is 11.2. The first-order valence-corrected chi connectivity index (χ1v) is 8.36. The Morgan fingerprint density at radius 3 is 3.00 bits per heavy atom. The van der Waals surface area contributed by atoms with Crippen molar-refractivity contribution in [2.24, 2.45) is 0 Å². The molecular weight excluding hydrogens is 320 g/mol. The van der Waals surface area contributed by atoms with E-state index in [9.17, 15) is 10.1 Å². The van der Waals surface area contributed by atoms with Gasteiger partial charge in [0.25, 0.3) is 5.69 Å². The van der Waals surface area contributed by atoms with Gasteiger partial charge in [-0.05, 0) is 38.0 Å². The number of fused-ring (bicyclic) bond motifs is 2. The van der Waals surface area contributed by atoms with Crippen molar-refractivity contribution in [3.05, 3.63) is 52.2 Å². The Labute approximate surface area is 144 Å². The van der Waals surface area contributed by atoms with Crippen LogP contribution in [0.5, 0.6) is 0 Å². The molecular formula is C17H18N6O2.